The lowest BCUT2D eigenvalue weighted by atomic mass is 10.2. The molecule has 1 N–H and O–H groups in total. The Balaban J connectivity index is 1.99. The van der Waals surface area contributed by atoms with Crippen molar-refractivity contribution in [1.29, 1.82) is 0 Å². The maximum Gasteiger partial charge on any atom is 0.223 e. The zero-order chi connectivity index (χ0) is 9.80. The smallest absolute Gasteiger partial charge is 0.223 e. The van der Waals surface area contributed by atoms with E-state index in [1.165, 1.54) is 0 Å². The van der Waals surface area contributed by atoms with E-state index in [2.05, 4.69) is 32.8 Å². The number of aromatic nitrogens is 2. The Labute approximate surface area is 95.6 Å². The van der Waals surface area contributed by atoms with Gasteiger partial charge < -0.3 is 4.74 Å². The van der Waals surface area contributed by atoms with Gasteiger partial charge in [0.25, 0.3) is 0 Å². The lowest BCUT2D eigenvalue weighted by Gasteiger charge is -2.03. The Hall–Kier alpha value is -1.04. The summed E-state index contributed by atoms with van der Waals surface area (Å²) in [7, 11) is 0. The Morgan fingerprint density at radius 1 is 1.29 bits per heavy atom. The van der Waals surface area contributed by atoms with E-state index in [-0.39, 0.29) is 0 Å². The number of aromatic amines is 1. The highest BCUT2D eigenvalue weighted by molar-refractivity contribution is 14.1. The predicted octanol–water partition coefficient (Wildman–Crippen LogP) is 2.59. The average Bonchev–Trinajstić information content (AvgIpc) is 2.63. The van der Waals surface area contributed by atoms with Gasteiger partial charge in [-0.15, -0.1) is 0 Å². The highest BCUT2D eigenvalue weighted by atomic mass is 127. The zero-order valence-corrected chi connectivity index (χ0v) is 9.56. The number of H-pyrrole nitrogens is 1. The molecule has 0 aliphatic carbocycles. The molecule has 0 amide bonds. The van der Waals surface area contributed by atoms with E-state index in [4.69, 9.17) is 4.74 Å². The zero-order valence-electron chi connectivity index (χ0n) is 7.40. The molecule has 1 heterocycles. The van der Waals surface area contributed by atoms with Crippen LogP contribution in [0.25, 0.3) is 0 Å². The summed E-state index contributed by atoms with van der Waals surface area (Å²) in [6.07, 6.45) is 1.74. The van der Waals surface area contributed by atoms with E-state index in [9.17, 15) is 0 Å². The first-order chi connectivity index (χ1) is 6.86. The van der Waals surface area contributed by atoms with Gasteiger partial charge in [0.2, 0.25) is 5.88 Å². The van der Waals surface area contributed by atoms with E-state index in [1.807, 2.05) is 30.3 Å². The molecule has 0 bridgehead atoms. The minimum atomic E-state index is 0.568. The Kier molecular flexibility index (Phi) is 3.03. The summed E-state index contributed by atoms with van der Waals surface area (Å²) < 4.78 is 6.54. The maximum absolute atomic E-state index is 5.54. The molecule has 0 saturated carbocycles. The molecule has 0 unspecified atom stereocenters. The van der Waals surface area contributed by atoms with Gasteiger partial charge in [-0.3, -0.25) is 0 Å². The summed E-state index contributed by atoms with van der Waals surface area (Å²) in [5.41, 5.74) is 1.15. The molecule has 0 spiro atoms. The predicted molar refractivity (Wildman–Crippen MR) is 62.1 cm³/mol. The third-order valence-electron chi connectivity index (χ3n) is 1.79. The van der Waals surface area contributed by atoms with E-state index >= 15 is 0 Å². The van der Waals surface area contributed by atoms with Crippen LogP contribution in [0.3, 0.4) is 0 Å². The van der Waals surface area contributed by atoms with Crippen molar-refractivity contribution in [2.75, 3.05) is 0 Å². The molecule has 1 aromatic carbocycles. The second-order valence-electron chi connectivity index (χ2n) is 2.82. The third kappa shape index (κ3) is 2.25. The first-order valence-electron chi connectivity index (χ1n) is 4.22. The monoisotopic (exact) mass is 300 g/mol. The topological polar surface area (TPSA) is 37.9 Å². The summed E-state index contributed by atoms with van der Waals surface area (Å²) in [5.74, 6) is 0.731. The second kappa shape index (κ2) is 4.45. The van der Waals surface area contributed by atoms with Gasteiger partial charge in [-0.2, -0.15) is 5.10 Å². The highest BCUT2D eigenvalue weighted by Gasteiger charge is 2.01. The van der Waals surface area contributed by atoms with Crippen LogP contribution in [-0.4, -0.2) is 10.2 Å². The summed E-state index contributed by atoms with van der Waals surface area (Å²) in [4.78, 5) is 0. The maximum atomic E-state index is 5.54. The second-order valence-corrected chi connectivity index (χ2v) is 3.98. The van der Waals surface area contributed by atoms with Gasteiger partial charge in [-0.1, -0.05) is 30.3 Å². The van der Waals surface area contributed by atoms with Crippen LogP contribution in [0.1, 0.15) is 5.56 Å². The molecule has 0 saturated heterocycles. The van der Waals surface area contributed by atoms with Gasteiger partial charge in [0.1, 0.15) is 6.61 Å². The van der Waals surface area contributed by atoms with Crippen LogP contribution in [0.4, 0.5) is 0 Å². The van der Waals surface area contributed by atoms with E-state index in [0.29, 0.717) is 6.61 Å². The Bertz CT molecular complexity index is 400. The molecule has 0 fully saturated rings. The van der Waals surface area contributed by atoms with Crippen LogP contribution < -0.4 is 4.74 Å². The quantitative estimate of drug-likeness (QED) is 0.885. The number of hydrogen-bond acceptors (Lipinski definition) is 2. The number of nitrogens with one attached hydrogen (secondary N) is 1. The Morgan fingerprint density at radius 3 is 2.71 bits per heavy atom. The van der Waals surface area contributed by atoms with Crippen LogP contribution in [0.15, 0.2) is 36.5 Å². The largest absolute Gasteiger partial charge is 0.472 e. The summed E-state index contributed by atoms with van der Waals surface area (Å²) in [5, 5.41) is 6.67. The van der Waals surface area contributed by atoms with Crippen molar-refractivity contribution >= 4 is 22.6 Å². The minimum Gasteiger partial charge on any atom is -0.472 e. The standard InChI is InChI=1S/C10H9IN2O/c11-9-6-12-13-10(9)14-7-8-4-2-1-3-5-8/h1-6H,7H2,(H,12,13). The van der Waals surface area contributed by atoms with Crippen molar-refractivity contribution in [2.45, 2.75) is 6.61 Å². The number of ether oxygens (including phenoxy) is 1. The molecular weight excluding hydrogens is 291 g/mol. The van der Waals surface area contributed by atoms with Crippen LogP contribution in [0.2, 0.25) is 0 Å². The third-order valence-corrected chi connectivity index (χ3v) is 2.56. The van der Waals surface area contributed by atoms with Gasteiger partial charge in [0.05, 0.1) is 9.77 Å². The van der Waals surface area contributed by atoms with E-state index in [1.54, 1.807) is 6.20 Å². The molecule has 0 aliphatic rings. The molecule has 1 aromatic heterocycles. The molecule has 0 aliphatic heterocycles. The van der Waals surface area contributed by atoms with Gasteiger partial charge in [0.15, 0.2) is 0 Å². The van der Waals surface area contributed by atoms with Gasteiger partial charge in [-0.25, -0.2) is 5.10 Å². The molecular formula is C10H9IN2O. The number of benzene rings is 1. The SMILES string of the molecule is Ic1cn[nH]c1OCc1ccccc1. The van der Waals surface area contributed by atoms with Crippen LogP contribution in [0, 0.1) is 3.57 Å². The van der Waals surface area contributed by atoms with Gasteiger partial charge in [-0.05, 0) is 28.2 Å². The molecule has 2 aromatic rings. The average molecular weight is 300 g/mol. The number of rotatable bonds is 3. The number of halogens is 1. The first-order valence-corrected chi connectivity index (χ1v) is 5.30. The van der Waals surface area contributed by atoms with E-state index < -0.39 is 0 Å². The van der Waals surface area contributed by atoms with Gasteiger partial charge >= 0.3 is 0 Å². The van der Waals surface area contributed by atoms with E-state index in [0.717, 1.165) is 15.0 Å². The molecule has 0 radical (unpaired) electrons. The van der Waals surface area contributed by atoms with Crippen molar-refractivity contribution in [2.24, 2.45) is 0 Å². The minimum absolute atomic E-state index is 0.568. The van der Waals surface area contributed by atoms with Crippen molar-refractivity contribution in [3.8, 4) is 5.88 Å². The van der Waals surface area contributed by atoms with Crippen molar-refractivity contribution in [3.05, 3.63) is 45.7 Å². The lowest BCUT2D eigenvalue weighted by Crippen LogP contribution is -1.96. The van der Waals surface area contributed by atoms with Crippen molar-refractivity contribution in [1.82, 2.24) is 10.2 Å². The molecule has 2 rings (SSSR count). The van der Waals surface area contributed by atoms with Crippen LogP contribution in [0.5, 0.6) is 5.88 Å². The molecule has 72 valence electrons. The lowest BCUT2D eigenvalue weighted by molar-refractivity contribution is 0.291. The van der Waals surface area contributed by atoms with Crippen LogP contribution in [-0.2, 0) is 6.61 Å². The number of nitrogens with zero attached hydrogens (tertiary/aromatic N) is 1. The summed E-state index contributed by atoms with van der Waals surface area (Å²) in [6.45, 7) is 0.568. The fourth-order valence-electron chi connectivity index (χ4n) is 1.09. The van der Waals surface area contributed by atoms with Crippen molar-refractivity contribution in [3.63, 3.8) is 0 Å². The molecule has 14 heavy (non-hydrogen) atoms. The Morgan fingerprint density at radius 2 is 2.07 bits per heavy atom. The summed E-state index contributed by atoms with van der Waals surface area (Å²) >= 11 is 2.18. The first kappa shape index (κ1) is 9.51. The molecule has 3 nitrogen and oxygen atoms in total. The highest BCUT2D eigenvalue weighted by Crippen LogP contribution is 2.17. The number of hydrogen-bond donors (Lipinski definition) is 1. The van der Waals surface area contributed by atoms with Gasteiger partial charge in [0, 0.05) is 0 Å². The fraction of sp³-hybridized carbons (Fsp3) is 0.100. The molecule has 4 heteroatoms. The normalized spacial score (nSPS) is 10.1. The molecule has 0 atom stereocenters. The van der Waals surface area contributed by atoms with Crippen molar-refractivity contribution < 1.29 is 4.74 Å². The fourth-order valence-corrected chi connectivity index (χ4v) is 1.51. The van der Waals surface area contributed by atoms with Crippen LogP contribution >= 0.6 is 22.6 Å². The summed E-state index contributed by atoms with van der Waals surface area (Å²) in [6, 6.07) is 10.0.